The van der Waals surface area contributed by atoms with Crippen molar-refractivity contribution in [1.82, 2.24) is 4.90 Å². The number of aliphatic hydroxyl groups excluding tert-OH is 2. The summed E-state index contributed by atoms with van der Waals surface area (Å²) in [6.07, 6.45) is 0.0670. The molecule has 0 fully saturated rings. The van der Waals surface area contributed by atoms with Crippen LogP contribution < -0.4 is 20.7 Å². The fourth-order valence-electron chi connectivity index (χ4n) is 7.17. The van der Waals surface area contributed by atoms with Crippen molar-refractivity contribution in [1.29, 1.82) is 0 Å². The number of nitrogens with zero attached hydrogens (tertiary/aromatic N) is 3. The molecule has 0 radical (unpaired) electrons. The number of methoxy groups -OCH3 is 1. The lowest BCUT2D eigenvalue weighted by Crippen LogP contribution is -2.62. The number of nitrogens with two attached hydrogens (primary N) is 1. The molecule has 276 valence electrons. The number of rotatable bonds is 13. The van der Waals surface area contributed by atoms with Crippen molar-refractivity contribution >= 4 is 47.7 Å². The molecule has 2 aliphatic rings. The summed E-state index contributed by atoms with van der Waals surface area (Å²) >= 11 is 0. The number of nitrogens with one attached hydrogen (secondary N) is 1. The summed E-state index contributed by atoms with van der Waals surface area (Å²) in [7, 11) is 4.48. The Kier molecular flexibility index (Phi) is 11.2. The average molecular weight is 728 g/mol. The largest absolute Gasteiger partial charge is 0.508 e. The molecule has 0 bridgehead atoms. The number of fused-ring (bicyclic) bond motifs is 1. The minimum Gasteiger partial charge on any atom is -0.508 e. The van der Waals surface area contributed by atoms with E-state index in [9.17, 15) is 39.2 Å². The van der Waals surface area contributed by atoms with Gasteiger partial charge in [-0.15, -0.1) is 4.91 Å². The molecule has 0 saturated carbocycles. The van der Waals surface area contributed by atoms with Crippen molar-refractivity contribution in [2.75, 3.05) is 58.8 Å². The summed E-state index contributed by atoms with van der Waals surface area (Å²) in [6.45, 7) is 6.25. The number of aliphatic hydroxyl groups is 3. The Labute approximate surface area is 296 Å². The lowest BCUT2D eigenvalue weighted by molar-refractivity contribution is -0.147. The van der Waals surface area contributed by atoms with Crippen LogP contribution in [0.4, 0.5) is 17.1 Å². The van der Waals surface area contributed by atoms with E-state index in [1.165, 1.54) is 39.7 Å². The molecule has 0 spiro atoms. The maximum Gasteiger partial charge on any atom is 0.255 e. The number of ether oxygens (including phenoxy) is 1. The lowest BCUT2D eigenvalue weighted by atomic mass is 9.66. The summed E-state index contributed by atoms with van der Waals surface area (Å²) in [6, 6.07) is 7.12. The monoisotopic (exact) mass is 727 g/mol. The van der Waals surface area contributed by atoms with Crippen LogP contribution in [0.15, 0.2) is 52.4 Å². The van der Waals surface area contributed by atoms with Crippen molar-refractivity contribution in [3.63, 3.8) is 0 Å². The predicted octanol–water partition coefficient (Wildman–Crippen LogP) is 4.42. The first-order chi connectivity index (χ1) is 23.8. The first-order valence-corrected chi connectivity index (χ1v) is 18.4. The van der Waals surface area contributed by atoms with Gasteiger partial charge in [0.15, 0.2) is 11.4 Å². The third-order valence-corrected chi connectivity index (χ3v) is 11.8. The van der Waals surface area contributed by atoms with E-state index < -0.39 is 71.2 Å². The number of amides is 1. The van der Waals surface area contributed by atoms with Crippen LogP contribution in [0.25, 0.3) is 5.76 Å². The summed E-state index contributed by atoms with van der Waals surface area (Å²) in [5, 5.41) is 41.7. The van der Waals surface area contributed by atoms with Gasteiger partial charge in [0.05, 0.1) is 31.0 Å². The second-order valence-corrected chi connectivity index (χ2v) is 16.0. The van der Waals surface area contributed by atoms with Gasteiger partial charge in [0, 0.05) is 37.9 Å². The Bertz CT molecular complexity index is 1870. The average Bonchev–Trinajstić information content (AvgIpc) is 3.05. The molecular weight excluding hydrogens is 681 g/mol. The highest BCUT2D eigenvalue weighted by Gasteiger charge is 2.59. The second kappa shape index (κ2) is 14.6. The second-order valence-electron chi connectivity index (χ2n) is 13.4. The number of benzene rings is 2. The van der Waals surface area contributed by atoms with Gasteiger partial charge in [0.25, 0.3) is 5.91 Å². The number of ketones is 2. The van der Waals surface area contributed by atoms with Crippen LogP contribution in [-0.4, -0.2) is 97.9 Å². The summed E-state index contributed by atoms with van der Waals surface area (Å²) in [5.74, 6) is -7.90. The molecule has 16 heteroatoms. The smallest absolute Gasteiger partial charge is 0.255 e. The zero-order valence-corrected chi connectivity index (χ0v) is 31.1. The first-order valence-electron chi connectivity index (χ1n) is 16.3. The number of anilines is 2. The fourth-order valence-corrected chi connectivity index (χ4v) is 8.92. The zero-order valence-electron chi connectivity index (χ0n) is 30.2. The number of hydrogen-bond donors (Lipinski definition) is 5. The predicted molar refractivity (Wildman–Crippen MR) is 194 cm³/mol. The molecule has 2 aromatic carbocycles. The minimum atomic E-state index is -3.51. The quantitative estimate of drug-likeness (QED) is 0.110. The Morgan fingerprint density at radius 2 is 1.76 bits per heavy atom. The minimum absolute atomic E-state index is 0.0599. The van der Waals surface area contributed by atoms with Gasteiger partial charge in [0.1, 0.15) is 34.3 Å². The van der Waals surface area contributed by atoms with E-state index in [0.29, 0.717) is 22.6 Å². The highest BCUT2D eigenvalue weighted by atomic mass is 31.2. The molecule has 15 nitrogen and oxygen atoms in total. The summed E-state index contributed by atoms with van der Waals surface area (Å²) in [5.41, 5.74) is 2.42. The van der Waals surface area contributed by atoms with Gasteiger partial charge >= 0.3 is 0 Å². The van der Waals surface area contributed by atoms with E-state index in [1.807, 2.05) is 0 Å². The van der Waals surface area contributed by atoms with Crippen LogP contribution in [0.5, 0.6) is 5.75 Å². The van der Waals surface area contributed by atoms with Crippen LogP contribution in [0.2, 0.25) is 0 Å². The van der Waals surface area contributed by atoms with Crippen molar-refractivity contribution in [2.24, 2.45) is 22.7 Å². The van der Waals surface area contributed by atoms with E-state index in [2.05, 4.69) is 10.5 Å². The molecule has 2 aromatic rings. The van der Waals surface area contributed by atoms with Crippen molar-refractivity contribution in [2.45, 2.75) is 44.6 Å². The lowest BCUT2D eigenvalue weighted by Gasteiger charge is -2.44. The molecule has 51 heavy (non-hydrogen) atoms. The van der Waals surface area contributed by atoms with Gasteiger partial charge in [-0.1, -0.05) is 26.0 Å². The van der Waals surface area contributed by atoms with Gasteiger partial charge in [-0.2, -0.15) is 0 Å². The van der Waals surface area contributed by atoms with Crippen molar-refractivity contribution in [3.05, 3.63) is 68.8 Å². The van der Waals surface area contributed by atoms with Crippen molar-refractivity contribution in [3.8, 4) is 5.75 Å². The molecule has 6 N–H and O–H groups in total. The summed E-state index contributed by atoms with van der Waals surface area (Å²) < 4.78 is 25.0. The van der Waals surface area contributed by atoms with Crippen LogP contribution in [0, 0.1) is 16.7 Å². The van der Waals surface area contributed by atoms with Gasteiger partial charge in [-0.05, 0) is 67.9 Å². The number of Topliss-reactive ketones (excluding diaryl/α,β-unsaturated/α-hetero) is 2. The van der Waals surface area contributed by atoms with Crippen LogP contribution in [-0.2, 0) is 29.9 Å². The zero-order chi connectivity index (χ0) is 38.3. The van der Waals surface area contributed by atoms with E-state index in [4.69, 9.17) is 15.0 Å². The standard InChI is InChI=1S/C35H46N5O10P/c1-10-50-51(9,48)34(19-11-13-20(49-8)14-12-19)37-22-16-23(39(4)5)21-15-17(2)24(29(41)25(21)27(22)38-47)31(43)35(46)18(3)28(40(6)7)30(42)26(32(35)44)33(36)45/h11-14,16-18,28,34,37,41,44,46H,10,15H2,1-9H3,(H2,36,45)/t17-,18+,28+,34?,35+,51?/m1/s1. The summed E-state index contributed by atoms with van der Waals surface area (Å²) in [4.78, 5) is 56.0. The number of nitroso groups, excluding NO2 is 1. The third kappa shape index (κ3) is 6.66. The Morgan fingerprint density at radius 3 is 2.25 bits per heavy atom. The normalized spacial score (nSPS) is 23.7. The molecule has 6 atom stereocenters. The van der Waals surface area contributed by atoms with Crippen LogP contribution >= 0.6 is 7.37 Å². The number of hydrogen-bond acceptors (Lipinski definition) is 14. The topological polar surface area (TPSA) is 221 Å². The highest BCUT2D eigenvalue weighted by molar-refractivity contribution is 7.58. The van der Waals surface area contributed by atoms with E-state index in [0.717, 1.165) is 0 Å². The van der Waals surface area contributed by atoms with Gasteiger partial charge in [-0.3, -0.25) is 23.8 Å². The van der Waals surface area contributed by atoms with Gasteiger partial charge in [-0.25, -0.2) is 0 Å². The Morgan fingerprint density at radius 1 is 1.16 bits per heavy atom. The van der Waals surface area contributed by atoms with E-state index >= 15 is 0 Å². The molecule has 0 aromatic heterocycles. The molecule has 0 aliphatic heterocycles. The Hall–Kier alpha value is -4.56. The molecular formula is C35H46N5O10P. The third-order valence-electron chi connectivity index (χ3n) is 9.67. The molecule has 1 amide bonds. The van der Waals surface area contributed by atoms with Crippen LogP contribution in [0.1, 0.15) is 43.2 Å². The van der Waals surface area contributed by atoms with Crippen LogP contribution in [0.3, 0.4) is 0 Å². The maximum atomic E-state index is 14.5. The molecule has 2 aliphatic carbocycles. The SMILES string of the molecule is CCOP(C)(=O)C(Nc1cc(N(C)C)c2c(c1N=O)C(O)=C(C(=O)[C@]1(O)C(O)=C(C(N)=O)C(=O)[C@@H](N(C)C)[C@@H]1C)[C@H](C)C2)c1ccc(OC)cc1. The van der Waals surface area contributed by atoms with E-state index in [-0.39, 0.29) is 35.5 Å². The first kappa shape index (κ1) is 39.2. The number of carbonyl (C=O) groups excluding carboxylic acids is 3. The molecule has 0 heterocycles. The van der Waals surface area contributed by atoms with Gasteiger partial charge < -0.3 is 40.5 Å². The molecule has 0 saturated heterocycles. The number of likely N-dealkylation sites (N-methyl/N-ethyl adjacent to an activating group) is 1. The van der Waals surface area contributed by atoms with E-state index in [1.54, 1.807) is 63.2 Å². The molecule has 2 unspecified atom stereocenters. The fraction of sp³-hybridized carbons (Fsp3) is 0.457. The Balaban J connectivity index is 2.01. The highest BCUT2D eigenvalue weighted by Crippen LogP contribution is 2.58. The maximum absolute atomic E-state index is 14.5. The molecule has 4 rings (SSSR count). The number of carbonyl (C=O) groups is 3. The van der Waals surface area contributed by atoms with Crippen molar-refractivity contribution < 1.29 is 43.5 Å². The van der Waals surface area contributed by atoms with Gasteiger partial charge in [0.2, 0.25) is 13.2 Å². The number of primary amides is 1.